The summed E-state index contributed by atoms with van der Waals surface area (Å²) in [5, 5.41) is 3.42. The highest BCUT2D eigenvalue weighted by atomic mass is 79.9. The van der Waals surface area contributed by atoms with E-state index in [1.807, 2.05) is 0 Å². The van der Waals surface area contributed by atoms with E-state index in [1.165, 1.54) is 54.6 Å². The number of fused-ring (bicyclic) bond motifs is 1. The third kappa shape index (κ3) is 3.25. The van der Waals surface area contributed by atoms with Gasteiger partial charge < -0.3 is 5.32 Å². The number of halogens is 1. The van der Waals surface area contributed by atoms with E-state index in [-0.39, 0.29) is 0 Å². The fourth-order valence-corrected chi connectivity index (χ4v) is 3.82. The summed E-state index contributed by atoms with van der Waals surface area (Å²) in [5.74, 6) is 0. The van der Waals surface area contributed by atoms with Crippen LogP contribution in [0.1, 0.15) is 23.6 Å². The van der Waals surface area contributed by atoms with Gasteiger partial charge in [-0.25, -0.2) is 0 Å². The van der Waals surface area contributed by atoms with Crippen molar-refractivity contribution in [1.29, 1.82) is 0 Å². The molecular weight excluding hydrogens is 314 g/mol. The average Bonchev–Trinajstić information content (AvgIpc) is 2.89. The van der Waals surface area contributed by atoms with E-state index >= 15 is 0 Å². The van der Waals surface area contributed by atoms with Crippen LogP contribution in [-0.2, 0) is 6.42 Å². The van der Waals surface area contributed by atoms with Crippen molar-refractivity contribution in [3.63, 3.8) is 0 Å². The lowest BCUT2D eigenvalue weighted by molar-refractivity contribution is 0.176. The SMILES string of the molecule is CN(CCN1CCNCC1)C1CCc2cc(Br)ccc21. The second kappa shape index (κ2) is 6.56. The van der Waals surface area contributed by atoms with Gasteiger partial charge in [0, 0.05) is 49.8 Å². The molecule has 1 aromatic rings. The Labute approximate surface area is 130 Å². The van der Waals surface area contributed by atoms with Gasteiger partial charge in [-0.15, -0.1) is 0 Å². The van der Waals surface area contributed by atoms with E-state index < -0.39 is 0 Å². The lowest BCUT2D eigenvalue weighted by Gasteiger charge is -2.31. The highest BCUT2D eigenvalue weighted by Gasteiger charge is 2.26. The minimum atomic E-state index is 0.612. The summed E-state index contributed by atoms with van der Waals surface area (Å²) in [7, 11) is 2.28. The standard InChI is InChI=1S/C16H24BrN3/c1-19(10-11-20-8-6-18-7-9-20)16-5-2-13-12-14(17)3-4-15(13)16/h3-4,12,16,18H,2,5-11H2,1H3. The number of aryl methyl sites for hydroxylation is 1. The molecule has 0 saturated carbocycles. The molecule has 1 fully saturated rings. The topological polar surface area (TPSA) is 18.5 Å². The van der Waals surface area contributed by atoms with Gasteiger partial charge in [0.05, 0.1) is 0 Å². The zero-order chi connectivity index (χ0) is 13.9. The Morgan fingerprint density at radius 2 is 2.15 bits per heavy atom. The summed E-state index contributed by atoms with van der Waals surface area (Å²) >= 11 is 3.58. The molecule has 1 unspecified atom stereocenters. The van der Waals surface area contributed by atoms with Crippen LogP contribution in [0.5, 0.6) is 0 Å². The number of piperazine rings is 1. The molecule has 1 atom stereocenters. The van der Waals surface area contributed by atoms with Crippen LogP contribution >= 0.6 is 15.9 Å². The molecule has 110 valence electrons. The van der Waals surface area contributed by atoms with Crippen LogP contribution in [0.2, 0.25) is 0 Å². The second-order valence-corrected chi connectivity index (χ2v) is 6.89. The quantitative estimate of drug-likeness (QED) is 0.909. The summed E-state index contributed by atoms with van der Waals surface area (Å²) in [4.78, 5) is 5.12. The fraction of sp³-hybridized carbons (Fsp3) is 0.625. The predicted octanol–water partition coefficient (Wildman–Crippen LogP) is 2.27. The van der Waals surface area contributed by atoms with Gasteiger partial charge in [-0.3, -0.25) is 9.80 Å². The minimum Gasteiger partial charge on any atom is -0.314 e. The Bertz CT molecular complexity index is 457. The molecule has 1 aliphatic heterocycles. The molecule has 1 aliphatic carbocycles. The van der Waals surface area contributed by atoms with Gasteiger partial charge in [-0.1, -0.05) is 22.0 Å². The van der Waals surface area contributed by atoms with Crippen molar-refractivity contribution in [2.24, 2.45) is 0 Å². The second-order valence-electron chi connectivity index (χ2n) is 5.97. The zero-order valence-electron chi connectivity index (χ0n) is 12.2. The Balaban J connectivity index is 1.57. The highest BCUT2D eigenvalue weighted by molar-refractivity contribution is 9.10. The number of hydrogen-bond donors (Lipinski definition) is 1. The van der Waals surface area contributed by atoms with Crippen LogP contribution in [-0.4, -0.2) is 56.1 Å². The van der Waals surface area contributed by atoms with E-state index in [1.54, 1.807) is 0 Å². The lowest BCUT2D eigenvalue weighted by atomic mass is 10.1. The molecule has 0 bridgehead atoms. The summed E-state index contributed by atoms with van der Waals surface area (Å²) in [6, 6.07) is 7.39. The van der Waals surface area contributed by atoms with Gasteiger partial charge in [-0.2, -0.15) is 0 Å². The molecule has 3 nitrogen and oxygen atoms in total. The van der Waals surface area contributed by atoms with Crippen molar-refractivity contribution in [2.45, 2.75) is 18.9 Å². The van der Waals surface area contributed by atoms with Crippen LogP contribution in [0.25, 0.3) is 0 Å². The lowest BCUT2D eigenvalue weighted by Crippen LogP contribution is -2.46. The third-order valence-electron chi connectivity index (χ3n) is 4.66. The first-order valence-corrected chi connectivity index (χ1v) is 8.45. The number of benzene rings is 1. The fourth-order valence-electron chi connectivity index (χ4n) is 3.41. The number of rotatable bonds is 4. The maximum atomic E-state index is 3.58. The summed E-state index contributed by atoms with van der Waals surface area (Å²) in [6.45, 7) is 7.04. The van der Waals surface area contributed by atoms with Crippen molar-refractivity contribution >= 4 is 15.9 Å². The molecule has 0 spiro atoms. The Morgan fingerprint density at radius 3 is 2.95 bits per heavy atom. The van der Waals surface area contributed by atoms with Crippen molar-refractivity contribution in [1.82, 2.24) is 15.1 Å². The van der Waals surface area contributed by atoms with Crippen molar-refractivity contribution in [3.05, 3.63) is 33.8 Å². The van der Waals surface area contributed by atoms with Crippen LogP contribution < -0.4 is 5.32 Å². The molecule has 1 aromatic carbocycles. The summed E-state index contributed by atoms with van der Waals surface area (Å²) in [6.07, 6.45) is 2.49. The number of nitrogens with one attached hydrogen (secondary N) is 1. The van der Waals surface area contributed by atoms with E-state index in [4.69, 9.17) is 0 Å². The minimum absolute atomic E-state index is 0.612. The molecule has 2 aliphatic rings. The molecular formula is C16H24BrN3. The molecule has 0 radical (unpaired) electrons. The first-order valence-electron chi connectivity index (χ1n) is 7.65. The van der Waals surface area contributed by atoms with Gasteiger partial charge in [0.1, 0.15) is 0 Å². The van der Waals surface area contributed by atoms with Crippen LogP contribution in [0.3, 0.4) is 0 Å². The van der Waals surface area contributed by atoms with Crippen molar-refractivity contribution in [3.8, 4) is 0 Å². The largest absolute Gasteiger partial charge is 0.314 e. The predicted molar refractivity (Wildman–Crippen MR) is 87.1 cm³/mol. The van der Waals surface area contributed by atoms with E-state index in [9.17, 15) is 0 Å². The Morgan fingerprint density at radius 1 is 1.35 bits per heavy atom. The van der Waals surface area contributed by atoms with Gasteiger partial charge in [0.25, 0.3) is 0 Å². The molecule has 1 N–H and O–H groups in total. The van der Waals surface area contributed by atoms with Crippen LogP contribution in [0.15, 0.2) is 22.7 Å². The van der Waals surface area contributed by atoms with E-state index in [0.29, 0.717) is 6.04 Å². The smallest absolute Gasteiger partial charge is 0.0351 e. The number of nitrogens with zero attached hydrogens (tertiary/aromatic N) is 2. The molecule has 1 saturated heterocycles. The molecule has 4 heteroatoms. The van der Waals surface area contributed by atoms with E-state index in [2.05, 4.69) is 56.3 Å². The Kier molecular flexibility index (Phi) is 4.76. The summed E-state index contributed by atoms with van der Waals surface area (Å²) < 4.78 is 1.21. The van der Waals surface area contributed by atoms with Gasteiger partial charge in [-0.05, 0) is 43.1 Å². The molecule has 1 heterocycles. The molecule has 0 amide bonds. The monoisotopic (exact) mass is 337 g/mol. The van der Waals surface area contributed by atoms with Crippen molar-refractivity contribution in [2.75, 3.05) is 46.3 Å². The number of likely N-dealkylation sites (N-methyl/N-ethyl adjacent to an activating group) is 1. The van der Waals surface area contributed by atoms with Crippen LogP contribution in [0, 0.1) is 0 Å². The molecule has 0 aromatic heterocycles. The first kappa shape index (κ1) is 14.5. The Hall–Kier alpha value is -0.420. The zero-order valence-corrected chi connectivity index (χ0v) is 13.8. The molecule has 3 rings (SSSR count). The maximum Gasteiger partial charge on any atom is 0.0351 e. The normalized spacial score (nSPS) is 23.2. The third-order valence-corrected chi connectivity index (χ3v) is 5.15. The maximum absolute atomic E-state index is 3.58. The van der Waals surface area contributed by atoms with Gasteiger partial charge >= 0.3 is 0 Å². The van der Waals surface area contributed by atoms with E-state index in [0.717, 1.165) is 13.1 Å². The van der Waals surface area contributed by atoms with Crippen LogP contribution in [0.4, 0.5) is 0 Å². The molecule has 20 heavy (non-hydrogen) atoms. The summed E-state index contributed by atoms with van der Waals surface area (Å²) in [5.41, 5.74) is 3.06. The number of hydrogen-bond acceptors (Lipinski definition) is 3. The average molecular weight is 338 g/mol. The van der Waals surface area contributed by atoms with Gasteiger partial charge in [0.15, 0.2) is 0 Å². The van der Waals surface area contributed by atoms with Gasteiger partial charge in [0.2, 0.25) is 0 Å². The first-order chi connectivity index (χ1) is 9.74. The highest BCUT2D eigenvalue weighted by Crippen LogP contribution is 2.36. The van der Waals surface area contributed by atoms with Crippen molar-refractivity contribution < 1.29 is 0 Å².